The van der Waals surface area contributed by atoms with Gasteiger partial charge in [0.05, 0.1) is 71.9 Å². The second kappa shape index (κ2) is 37.6. The molecule has 4 aromatic heterocycles. The second-order valence-corrected chi connectivity index (χ2v) is 32.5. The first-order valence-corrected chi connectivity index (χ1v) is 36.9. The zero-order chi connectivity index (χ0) is 76.7. The Morgan fingerprint density at radius 3 is 1.04 bits per heavy atom. The molecule has 0 bridgehead atoms. The van der Waals surface area contributed by atoms with Crippen LogP contribution in [0.1, 0.15) is 251 Å². The lowest BCUT2D eigenvalue weighted by atomic mass is 10.1. The largest absolute Gasteiger partial charge is 0.444 e. The maximum Gasteiger partial charge on any atom is 0.434 e. The Hall–Kier alpha value is -7.13. The summed E-state index contributed by atoms with van der Waals surface area (Å²) in [4.78, 5) is 79.9. The quantitative estimate of drug-likeness (QED) is 0.0414. The molecule has 7 fully saturated rings. The third-order valence-electron chi connectivity index (χ3n) is 17.5. The number of ether oxygens (including phenoxy) is 4. The van der Waals surface area contributed by atoms with Gasteiger partial charge in [-0.15, -0.1) is 12.4 Å². The number of rotatable bonds is 14. The lowest BCUT2D eigenvalue weighted by molar-refractivity contribution is -0.142. The fourth-order valence-corrected chi connectivity index (χ4v) is 12.9. The Bertz CT molecular complexity index is 3460. The fraction of sp³-hybridized carbons (Fsp3) is 0.718. The van der Waals surface area contributed by atoms with Gasteiger partial charge >= 0.3 is 36.7 Å². The molecule has 0 aromatic carbocycles. The molecule has 0 aliphatic heterocycles. The van der Waals surface area contributed by atoms with Gasteiger partial charge in [0.2, 0.25) is 0 Å². The molecule has 0 radical (unpaired) electrons. The number of amides is 4. The Kier molecular flexibility index (Phi) is 31.1. The summed E-state index contributed by atoms with van der Waals surface area (Å²) in [5.74, 6) is 3.47. The average Bonchev–Trinajstić information content (AvgIpc) is 1.69. The smallest absolute Gasteiger partial charge is 0.434 e. The van der Waals surface area contributed by atoms with E-state index in [0.29, 0.717) is 30.3 Å². The van der Waals surface area contributed by atoms with E-state index in [4.69, 9.17) is 30.4 Å². The number of carbonyl (C=O) groups is 4. The summed E-state index contributed by atoms with van der Waals surface area (Å²) in [6.45, 7) is 25.8. The highest BCUT2D eigenvalue weighted by atomic mass is 79.9. The van der Waals surface area contributed by atoms with E-state index in [1.807, 2.05) is 61.6 Å². The molecule has 7 aliphatic carbocycles. The van der Waals surface area contributed by atoms with Crippen LogP contribution in [0.25, 0.3) is 0 Å². The van der Waals surface area contributed by atoms with E-state index in [2.05, 4.69) is 98.3 Å². The van der Waals surface area contributed by atoms with E-state index in [-0.39, 0.29) is 95.2 Å². The second-order valence-electron chi connectivity index (χ2n) is 31.7. The predicted octanol–water partition coefficient (Wildman–Crippen LogP) is 14.8. The summed E-state index contributed by atoms with van der Waals surface area (Å²) in [5, 5.41) is 24.5. The number of alkyl carbamates (subject to hydrolysis) is 4. The maximum absolute atomic E-state index is 12.6. The van der Waals surface area contributed by atoms with Crippen molar-refractivity contribution >= 4 is 76.0 Å². The molecule has 7 aliphatic rings. The molecule has 12 N–H and O–H groups in total. The minimum absolute atomic E-state index is 0. The fourth-order valence-electron chi connectivity index (χ4n) is 12.5. The van der Waals surface area contributed by atoms with Crippen molar-refractivity contribution in [3.63, 3.8) is 0 Å². The lowest BCUT2D eigenvalue weighted by Gasteiger charge is -2.26. The van der Waals surface area contributed by atoms with Crippen LogP contribution in [0.15, 0.2) is 35.6 Å². The van der Waals surface area contributed by atoms with Crippen LogP contribution in [0.4, 0.5) is 68.8 Å². The molecule has 105 heavy (non-hydrogen) atoms. The standard InChI is InChI=1S/C18H28N4O2.C15H20BrF3N4O2.C15H21F3N4O2.C13H20N4.C10H20N2O2.ClH/c1-11-10-19-16(15(20-11)12-8-9-12)21-13-6-5-7-14(13)22-17(23)24-18(2,3)4;1-14(2,3)25-13(24)22-9-6-4-5-8(9)21-12-11(16)23-10(7-20-12)15(17,18)19;1-14(2,3)24-13(23)22-10-6-4-5-9(10)21-12-8-19-11(7-20-12)15(16,17)18;1-8-7-15-13(12(16-8)9-5-6-9)17-11-4-2-3-10(11)14;1-10(2,3)14-9(13)12-8-6-4-5-7(8)11;/h10,12-14H,5-9H2,1-4H3,(H,19,21)(H,22,23);7-9H,4-6H2,1-3H3,(H,20,21)(H,22,24);7-10H,4-6H2,1-3H3,(H,20,21)(H,22,23);7,9-11H,2-6,14H2,1H3,(H,15,17);7-8H,4-6,11H2,1-3H3,(H,12,13);1H/t13-,14-;8-,9-;9-,10-;10-,11-;7-,8-;/m00000./s1. The zero-order valence-corrected chi connectivity index (χ0v) is 65.2. The van der Waals surface area contributed by atoms with E-state index in [1.54, 1.807) is 47.7 Å². The van der Waals surface area contributed by atoms with Gasteiger partial charge < -0.3 is 72.9 Å². The average molecular weight is 1570 g/mol. The number of aryl methyl sites for hydroxylation is 2. The minimum atomic E-state index is -4.55. The number of hydrogen-bond donors (Lipinski definition) is 10. The molecule has 4 heterocycles. The van der Waals surface area contributed by atoms with Crippen LogP contribution < -0.4 is 54.0 Å². The van der Waals surface area contributed by atoms with Crippen molar-refractivity contribution in [2.24, 2.45) is 11.5 Å². The first-order chi connectivity index (χ1) is 48.4. The molecule has 11 rings (SSSR count). The number of carbonyl (C=O) groups excluding carboxylic acids is 4. The van der Waals surface area contributed by atoms with Crippen molar-refractivity contribution in [3.05, 3.63) is 69.8 Å². The summed E-state index contributed by atoms with van der Waals surface area (Å²) in [6.07, 6.45) is 14.5. The van der Waals surface area contributed by atoms with Gasteiger partial charge in [0.1, 0.15) is 44.5 Å². The molecule has 4 amide bonds. The highest BCUT2D eigenvalue weighted by molar-refractivity contribution is 9.10. The van der Waals surface area contributed by atoms with Gasteiger partial charge in [-0.2, -0.15) is 26.3 Å². The first-order valence-electron chi connectivity index (χ1n) is 36.2. The number of anilines is 4. The van der Waals surface area contributed by atoms with Gasteiger partial charge in [0.15, 0.2) is 17.2 Å². The molecular formula is C71H110BrClF6N18O8. The molecule has 0 spiro atoms. The van der Waals surface area contributed by atoms with Gasteiger partial charge in [0.25, 0.3) is 0 Å². The number of halogens is 8. The van der Waals surface area contributed by atoms with E-state index < -0.39 is 58.3 Å². The van der Waals surface area contributed by atoms with Gasteiger partial charge in [-0.05, 0) is 235 Å². The summed E-state index contributed by atoms with van der Waals surface area (Å²) < 4.78 is 96.3. The highest BCUT2D eigenvalue weighted by Crippen LogP contribution is 2.44. The van der Waals surface area contributed by atoms with Crippen LogP contribution in [0.3, 0.4) is 0 Å². The van der Waals surface area contributed by atoms with Crippen molar-refractivity contribution in [3.8, 4) is 0 Å². The lowest BCUT2D eigenvalue weighted by Crippen LogP contribution is -2.45. The Labute approximate surface area is 627 Å². The number of nitrogens with two attached hydrogens (primary N) is 2. The van der Waals surface area contributed by atoms with Gasteiger partial charge in [-0.25, -0.2) is 49.1 Å². The summed E-state index contributed by atoms with van der Waals surface area (Å²) in [6, 6.07) is 0.372. The molecule has 0 saturated heterocycles. The van der Waals surface area contributed by atoms with Crippen LogP contribution in [0.5, 0.6) is 0 Å². The first kappa shape index (κ1) is 86.8. The van der Waals surface area contributed by atoms with Crippen LogP contribution in [-0.2, 0) is 31.3 Å². The van der Waals surface area contributed by atoms with E-state index in [9.17, 15) is 45.5 Å². The van der Waals surface area contributed by atoms with E-state index in [1.165, 1.54) is 32.1 Å². The molecule has 588 valence electrons. The van der Waals surface area contributed by atoms with Gasteiger partial charge in [-0.1, -0.05) is 0 Å². The highest BCUT2D eigenvalue weighted by Gasteiger charge is 2.39. The van der Waals surface area contributed by atoms with Crippen molar-refractivity contribution in [2.75, 3.05) is 21.3 Å². The van der Waals surface area contributed by atoms with Crippen molar-refractivity contribution < 1.29 is 64.5 Å². The van der Waals surface area contributed by atoms with E-state index in [0.717, 1.165) is 130 Å². The summed E-state index contributed by atoms with van der Waals surface area (Å²) in [7, 11) is 0. The summed E-state index contributed by atoms with van der Waals surface area (Å²) in [5.41, 5.74) is 11.9. The number of hydrogen-bond acceptors (Lipinski definition) is 22. The van der Waals surface area contributed by atoms with E-state index >= 15 is 0 Å². The number of aromatic nitrogens is 8. The van der Waals surface area contributed by atoms with Crippen LogP contribution >= 0.6 is 28.3 Å². The zero-order valence-electron chi connectivity index (χ0n) is 62.8. The molecule has 0 unspecified atom stereocenters. The normalized spacial score (nSPS) is 23.6. The van der Waals surface area contributed by atoms with Crippen molar-refractivity contribution in [1.29, 1.82) is 0 Å². The van der Waals surface area contributed by atoms with Crippen molar-refractivity contribution in [2.45, 2.75) is 326 Å². The Morgan fingerprint density at radius 1 is 0.390 bits per heavy atom. The van der Waals surface area contributed by atoms with Crippen LogP contribution in [-0.4, -0.2) is 147 Å². The topological polar surface area (TPSA) is 357 Å². The molecule has 7 saturated carbocycles. The minimum Gasteiger partial charge on any atom is -0.444 e. The molecule has 34 heteroatoms. The third-order valence-corrected chi connectivity index (χ3v) is 18.1. The summed E-state index contributed by atoms with van der Waals surface area (Å²) >= 11 is 3.01. The number of nitrogens with one attached hydrogen (secondary N) is 8. The van der Waals surface area contributed by atoms with Crippen molar-refractivity contribution in [1.82, 2.24) is 61.1 Å². The SMILES string of the molecule is CC(C)(C)OC(=O)N[C@H]1CCC[C@@H]1N.CC(C)(C)OC(=O)N[C@H]1CCC[C@@H]1Nc1cnc(C(F)(F)F)cn1.CC(C)(C)OC(=O)N[C@H]1CCC[C@@H]1Nc1ncc(C(F)(F)F)nc1Br.Cc1cnc(N[C@H]2CCC[C@@H]2N)c(C2CC2)n1.Cc1cnc(N[C@H]2CCC[C@@H]2NC(=O)OC(C)(C)C)c(C2CC2)n1.Cl. The van der Waals surface area contributed by atoms with Gasteiger partial charge in [-0.3, -0.25) is 9.97 Å². The molecule has 10 atom stereocenters. The predicted molar refractivity (Wildman–Crippen MR) is 394 cm³/mol. The number of alkyl halides is 6. The molecule has 26 nitrogen and oxygen atoms in total. The monoisotopic (exact) mass is 1570 g/mol. The molecular weight excluding hydrogens is 1460 g/mol. The Morgan fingerprint density at radius 2 is 0.705 bits per heavy atom. The van der Waals surface area contributed by atoms with Crippen LogP contribution in [0, 0.1) is 13.8 Å². The molecule has 4 aromatic rings. The third kappa shape index (κ3) is 30.2. The maximum atomic E-state index is 12.6. The number of nitrogens with zero attached hydrogens (tertiary/aromatic N) is 8. The van der Waals surface area contributed by atoms with Gasteiger partial charge in [0, 0.05) is 54.1 Å². The Balaban J connectivity index is 0.000000208. The van der Waals surface area contributed by atoms with Crippen LogP contribution in [0.2, 0.25) is 0 Å².